The second-order valence-electron chi connectivity index (χ2n) is 4.34. The van der Waals surface area contributed by atoms with Crippen LogP contribution in [0.25, 0.3) is 0 Å². The van der Waals surface area contributed by atoms with Crippen LogP contribution >= 0.6 is 0 Å². The SMILES string of the molecule is Cn1ccc(C(=O)Nc2ccc(F)cc2OC(F)F)cc1=O. The first-order chi connectivity index (χ1) is 10.4. The highest BCUT2D eigenvalue weighted by molar-refractivity contribution is 6.04. The lowest BCUT2D eigenvalue weighted by Gasteiger charge is -2.12. The van der Waals surface area contributed by atoms with Crippen LogP contribution in [-0.4, -0.2) is 17.1 Å². The molecule has 0 aliphatic carbocycles. The number of aromatic nitrogens is 1. The predicted molar refractivity (Wildman–Crippen MR) is 72.7 cm³/mol. The van der Waals surface area contributed by atoms with Crippen molar-refractivity contribution < 1.29 is 22.7 Å². The van der Waals surface area contributed by atoms with Crippen LogP contribution in [0.4, 0.5) is 18.9 Å². The van der Waals surface area contributed by atoms with E-state index in [0.717, 1.165) is 24.3 Å². The van der Waals surface area contributed by atoms with Gasteiger partial charge in [-0.15, -0.1) is 0 Å². The lowest BCUT2D eigenvalue weighted by Crippen LogP contribution is -2.20. The molecule has 0 radical (unpaired) electrons. The van der Waals surface area contributed by atoms with Crippen LogP contribution < -0.4 is 15.6 Å². The Labute approximate surface area is 122 Å². The van der Waals surface area contributed by atoms with E-state index in [4.69, 9.17) is 0 Å². The minimum atomic E-state index is -3.17. The average molecular weight is 312 g/mol. The second kappa shape index (κ2) is 6.33. The smallest absolute Gasteiger partial charge is 0.387 e. The molecule has 116 valence electrons. The number of aryl methyl sites for hydroxylation is 1. The average Bonchev–Trinajstić information content (AvgIpc) is 2.44. The van der Waals surface area contributed by atoms with Gasteiger partial charge >= 0.3 is 6.61 Å². The summed E-state index contributed by atoms with van der Waals surface area (Å²) in [5.41, 5.74) is -0.501. The molecule has 2 aromatic rings. The fraction of sp³-hybridized carbons (Fsp3) is 0.143. The summed E-state index contributed by atoms with van der Waals surface area (Å²) in [6.07, 6.45) is 1.39. The molecule has 1 aromatic heterocycles. The summed E-state index contributed by atoms with van der Waals surface area (Å²) in [6.45, 7) is -3.17. The van der Waals surface area contributed by atoms with E-state index in [1.807, 2.05) is 0 Å². The van der Waals surface area contributed by atoms with Crippen molar-refractivity contribution in [3.05, 3.63) is 58.3 Å². The van der Waals surface area contributed by atoms with E-state index in [2.05, 4.69) is 10.1 Å². The maximum absolute atomic E-state index is 13.1. The van der Waals surface area contributed by atoms with Gasteiger partial charge in [0.05, 0.1) is 5.69 Å². The van der Waals surface area contributed by atoms with Crippen LogP contribution in [0.1, 0.15) is 10.4 Å². The van der Waals surface area contributed by atoms with Gasteiger partial charge in [0.1, 0.15) is 5.82 Å². The van der Waals surface area contributed by atoms with Crippen molar-refractivity contribution in [1.29, 1.82) is 0 Å². The topological polar surface area (TPSA) is 60.3 Å². The van der Waals surface area contributed by atoms with Crippen LogP contribution in [0.2, 0.25) is 0 Å². The lowest BCUT2D eigenvalue weighted by atomic mass is 10.2. The van der Waals surface area contributed by atoms with Gasteiger partial charge in [0.25, 0.3) is 11.5 Å². The fourth-order valence-electron chi connectivity index (χ4n) is 1.68. The largest absolute Gasteiger partial charge is 0.432 e. The van der Waals surface area contributed by atoms with E-state index in [1.165, 1.54) is 23.9 Å². The molecule has 1 heterocycles. The Morgan fingerprint density at radius 3 is 2.64 bits per heavy atom. The molecular weight excluding hydrogens is 301 g/mol. The number of benzene rings is 1. The van der Waals surface area contributed by atoms with E-state index >= 15 is 0 Å². The molecular formula is C14H11F3N2O3. The van der Waals surface area contributed by atoms with Gasteiger partial charge in [0.2, 0.25) is 0 Å². The highest BCUT2D eigenvalue weighted by Gasteiger charge is 2.14. The number of carbonyl (C=O) groups excluding carboxylic acids is 1. The number of amides is 1. The molecule has 1 aromatic carbocycles. The second-order valence-corrected chi connectivity index (χ2v) is 4.34. The lowest BCUT2D eigenvalue weighted by molar-refractivity contribution is -0.0495. The Morgan fingerprint density at radius 1 is 1.27 bits per heavy atom. The monoisotopic (exact) mass is 312 g/mol. The van der Waals surface area contributed by atoms with Crippen LogP contribution in [0.5, 0.6) is 5.75 Å². The number of anilines is 1. The van der Waals surface area contributed by atoms with Crippen LogP contribution in [0, 0.1) is 5.82 Å². The number of halogens is 3. The number of carbonyl (C=O) groups is 1. The van der Waals surface area contributed by atoms with E-state index in [-0.39, 0.29) is 11.3 Å². The summed E-state index contributed by atoms with van der Waals surface area (Å²) in [5, 5.41) is 2.29. The van der Waals surface area contributed by atoms with Crippen molar-refractivity contribution in [3.8, 4) is 5.75 Å². The molecule has 2 rings (SSSR count). The maximum Gasteiger partial charge on any atom is 0.387 e. The number of alkyl halides is 2. The minimum Gasteiger partial charge on any atom is -0.432 e. The van der Waals surface area contributed by atoms with Gasteiger partial charge < -0.3 is 14.6 Å². The third-order valence-corrected chi connectivity index (χ3v) is 2.77. The van der Waals surface area contributed by atoms with Crippen molar-refractivity contribution in [3.63, 3.8) is 0 Å². The van der Waals surface area contributed by atoms with Crippen molar-refractivity contribution in [2.45, 2.75) is 6.61 Å². The standard InChI is InChI=1S/C14H11F3N2O3/c1-19-5-4-8(6-12(19)20)13(21)18-10-3-2-9(15)7-11(10)22-14(16)17/h2-7,14H,1H3,(H,18,21). The zero-order chi connectivity index (χ0) is 16.3. The first-order valence-corrected chi connectivity index (χ1v) is 6.09. The predicted octanol–water partition coefficient (Wildman–Crippen LogP) is 2.38. The number of ether oxygens (including phenoxy) is 1. The summed E-state index contributed by atoms with van der Waals surface area (Å²) in [7, 11) is 1.51. The molecule has 0 unspecified atom stereocenters. The minimum absolute atomic E-state index is 0.0374. The van der Waals surface area contributed by atoms with E-state index in [9.17, 15) is 22.8 Å². The van der Waals surface area contributed by atoms with Crippen molar-refractivity contribution in [1.82, 2.24) is 4.57 Å². The van der Waals surface area contributed by atoms with Crippen molar-refractivity contribution in [2.24, 2.45) is 7.05 Å². The van der Waals surface area contributed by atoms with Crippen molar-refractivity contribution in [2.75, 3.05) is 5.32 Å². The zero-order valence-electron chi connectivity index (χ0n) is 11.3. The Bertz CT molecular complexity index is 759. The van der Waals surface area contributed by atoms with Gasteiger partial charge in [-0.05, 0) is 18.2 Å². The molecule has 0 fully saturated rings. The Balaban J connectivity index is 2.27. The maximum atomic E-state index is 13.1. The normalized spacial score (nSPS) is 10.6. The van der Waals surface area contributed by atoms with Gasteiger partial charge in [0, 0.05) is 30.9 Å². The van der Waals surface area contributed by atoms with Gasteiger partial charge in [-0.1, -0.05) is 0 Å². The molecule has 0 aliphatic heterocycles. The van der Waals surface area contributed by atoms with Gasteiger partial charge in [-0.2, -0.15) is 8.78 Å². The highest BCUT2D eigenvalue weighted by Crippen LogP contribution is 2.27. The molecule has 1 N–H and O–H groups in total. The van der Waals surface area contributed by atoms with E-state index in [1.54, 1.807) is 0 Å². The fourth-order valence-corrected chi connectivity index (χ4v) is 1.68. The third-order valence-electron chi connectivity index (χ3n) is 2.77. The molecule has 0 saturated heterocycles. The molecule has 0 atom stereocenters. The first kappa shape index (κ1) is 15.6. The number of nitrogens with one attached hydrogen (secondary N) is 1. The molecule has 22 heavy (non-hydrogen) atoms. The van der Waals surface area contributed by atoms with Crippen LogP contribution in [-0.2, 0) is 7.05 Å². The number of pyridine rings is 1. The first-order valence-electron chi connectivity index (χ1n) is 6.09. The van der Waals surface area contributed by atoms with Gasteiger partial charge in [-0.3, -0.25) is 9.59 Å². The van der Waals surface area contributed by atoms with Gasteiger partial charge in [-0.25, -0.2) is 4.39 Å². The highest BCUT2D eigenvalue weighted by atomic mass is 19.3. The molecule has 5 nitrogen and oxygen atoms in total. The van der Waals surface area contributed by atoms with E-state index in [0.29, 0.717) is 0 Å². The summed E-state index contributed by atoms with van der Waals surface area (Å²) < 4.78 is 43.1. The quantitative estimate of drug-likeness (QED) is 0.943. The number of nitrogens with zero attached hydrogens (tertiary/aromatic N) is 1. The summed E-state index contributed by atoms with van der Waals surface area (Å²) in [5.74, 6) is -2.00. The Hall–Kier alpha value is -2.77. The zero-order valence-corrected chi connectivity index (χ0v) is 11.3. The Kier molecular flexibility index (Phi) is 4.50. The number of hydrogen-bond donors (Lipinski definition) is 1. The van der Waals surface area contributed by atoms with E-state index < -0.39 is 29.6 Å². The van der Waals surface area contributed by atoms with Gasteiger partial charge in [0.15, 0.2) is 5.75 Å². The third kappa shape index (κ3) is 3.66. The molecule has 8 heteroatoms. The number of hydrogen-bond acceptors (Lipinski definition) is 3. The van der Waals surface area contributed by atoms with Crippen LogP contribution in [0.3, 0.4) is 0 Å². The summed E-state index contributed by atoms with van der Waals surface area (Å²) >= 11 is 0. The molecule has 0 saturated carbocycles. The Morgan fingerprint density at radius 2 is 2.00 bits per heavy atom. The van der Waals surface area contributed by atoms with Crippen molar-refractivity contribution >= 4 is 11.6 Å². The number of rotatable bonds is 4. The molecule has 0 spiro atoms. The summed E-state index contributed by atoms with van der Waals surface area (Å²) in [6, 6.07) is 5.27. The molecule has 1 amide bonds. The molecule has 0 aliphatic rings. The molecule has 0 bridgehead atoms. The van der Waals surface area contributed by atoms with Crippen LogP contribution in [0.15, 0.2) is 41.3 Å². The summed E-state index contributed by atoms with van der Waals surface area (Å²) in [4.78, 5) is 23.5.